The average molecular weight is 367 g/mol. The molecule has 0 aromatic heterocycles. The van der Waals surface area contributed by atoms with Crippen molar-refractivity contribution in [3.05, 3.63) is 47.5 Å². The smallest absolute Gasteiger partial charge is 0.0910 e. The number of fused-ring (bicyclic) bond motifs is 6. The first-order chi connectivity index (χ1) is 11.6. The van der Waals surface area contributed by atoms with Crippen molar-refractivity contribution >= 4 is 37.9 Å². The molecule has 2 aromatic rings. The van der Waals surface area contributed by atoms with E-state index >= 15 is 0 Å². The van der Waals surface area contributed by atoms with Crippen LogP contribution < -0.4 is 20.2 Å². The lowest BCUT2D eigenvalue weighted by Gasteiger charge is -2.45. The zero-order valence-corrected chi connectivity index (χ0v) is 18.5. The summed E-state index contributed by atoms with van der Waals surface area (Å²) in [6.07, 6.45) is 0. The molecule has 2 aromatic carbocycles. The molecule has 25 heavy (non-hydrogen) atoms. The molecule has 2 aliphatic heterocycles. The average Bonchev–Trinajstić information content (AvgIpc) is 2.52. The number of anilines is 2. The Morgan fingerprint density at radius 1 is 0.640 bits per heavy atom. The summed E-state index contributed by atoms with van der Waals surface area (Å²) >= 11 is 0. The number of rotatable bonds is 2. The molecule has 4 heteroatoms. The van der Waals surface area contributed by atoms with Gasteiger partial charge >= 0.3 is 0 Å². The van der Waals surface area contributed by atoms with Crippen LogP contribution in [0.4, 0.5) is 11.4 Å². The number of hydrogen-bond acceptors (Lipinski definition) is 2. The van der Waals surface area contributed by atoms with Gasteiger partial charge in [0.1, 0.15) is 0 Å². The minimum atomic E-state index is -1.26. The van der Waals surface area contributed by atoms with Crippen molar-refractivity contribution in [2.45, 2.75) is 52.4 Å². The Labute approximate surface area is 154 Å². The van der Waals surface area contributed by atoms with Crippen molar-refractivity contribution in [2.75, 3.05) is 16.5 Å². The third-order valence-corrected chi connectivity index (χ3v) is 9.72. The van der Waals surface area contributed by atoms with Gasteiger partial charge in [0, 0.05) is 24.5 Å². The second-order valence-electron chi connectivity index (χ2n) is 9.72. The maximum absolute atomic E-state index is 2.56. The van der Waals surface area contributed by atoms with Crippen LogP contribution in [-0.2, 0) is 13.1 Å². The molecule has 2 heterocycles. The van der Waals surface area contributed by atoms with Gasteiger partial charge < -0.3 is 9.80 Å². The Hall–Kier alpha value is -1.53. The molecule has 132 valence electrons. The normalized spacial score (nSPS) is 16.6. The van der Waals surface area contributed by atoms with Gasteiger partial charge in [-0.3, -0.25) is 0 Å². The summed E-state index contributed by atoms with van der Waals surface area (Å²) in [5.74, 6) is 0. The summed E-state index contributed by atoms with van der Waals surface area (Å²) in [7, 11) is -2.52. The fourth-order valence-electron chi connectivity index (χ4n) is 4.01. The van der Waals surface area contributed by atoms with Crippen LogP contribution in [0.3, 0.4) is 0 Å². The summed E-state index contributed by atoms with van der Waals surface area (Å²) in [5.41, 5.74) is 5.90. The van der Waals surface area contributed by atoms with Crippen molar-refractivity contribution in [3.8, 4) is 0 Å². The fraction of sp³-hybridized carbons (Fsp3) is 0.429. The molecule has 0 saturated heterocycles. The van der Waals surface area contributed by atoms with E-state index < -0.39 is 16.1 Å². The van der Waals surface area contributed by atoms with E-state index in [4.69, 9.17) is 0 Å². The minimum absolute atomic E-state index is 1.03. The topological polar surface area (TPSA) is 6.48 Å². The molecule has 0 radical (unpaired) electrons. The lowest BCUT2D eigenvalue weighted by Crippen LogP contribution is -2.48. The Morgan fingerprint density at radius 2 is 1.04 bits per heavy atom. The largest absolute Gasteiger partial charge is 0.349 e. The lowest BCUT2D eigenvalue weighted by atomic mass is 10.0. The second kappa shape index (κ2) is 5.48. The molecule has 0 fully saturated rings. The van der Waals surface area contributed by atoms with Crippen LogP contribution in [0.2, 0.25) is 39.3 Å². The van der Waals surface area contributed by atoms with E-state index in [-0.39, 0.29) is 0 Å². The van der Waals surface area contributed by atoms with E-state index in [1.54, 1.807) is 10.4 Å². The van der Waals surface area contributed by atoms with E-state index in [0.717, 1.165) is 19.8 Å². The van der Waals surface area contributed by atoms with Gasteiger partial charge in [0.05, 0.1) is 22.8 Å². The van der Waals surface area contributed by atoms with Crippen molar-refractivity contribution in [3.63, 3.8) is 0 Å². The first-order valence-electron chi connectivity index (χ1n) is 9.40. The summed E-state index contributed by atoms with van der Waals surface area (Å²) in [5, 5.41) is 3.14. The SMILES string of the molecule is C[Si](C)(C)c1ccc2c(c1)CN1CN2Cc2cc([Si](C)(C)C)ccc21. The molecule has 0 atom stereocenters. The van der Waals surface area contributed by atoms with Gasteiger partial charge in [0.25, 0.3) is 0 Å². The highest BCUT2D eigenvalue weighted by molar-refractivity contribution is 6.89. The highest BCUT2D eigenvalue weighted by atomic mass is 28.3. The van der Waals surface area contributed by atoms with E-state index in [1.165, 1.54) is 22.5 Å². The van der Waals surface area contributed by atoms with Crippen LogP contribution in [-0.4, -0.2) is 22.8 Å². The standard InChI is InChI=1S/C21H30N2Si2/c1-24(2,3)18-7-9-20-16(11-18)13-22-15-23(20)14-17-12-19(25(4,5)6)8-10-21(17)22/h7-12H,13-15H2,1-6H3. The van der Waals surface area contributed by atoms with E-state index in [9.17, 15) is 0 Å². The highest BCUT2D eigenvalue weighted by Gasteiger charge is 2.31. The lowest BCUT2D eigenvalue weighted by molar-refractivity contribution is 0.651. The minimum Gasteiger partial charge on any atom is -0.349 e. The maximum atomic E-state index is 2.56. The monoisotopic (exact) mass is 366 g/mol. The Kier molecular flexibility index (Phi) is 3.71. The third kappa shape index (κ3) is 2.95. The summed E-state index contributed by atoms with van der Waals surface area (Å²) in [6, 6.07) is 14.5. The van der Waals surface area contributed by atoms with Gasteiger partial charge in [0.15, 0.2) is 0 Å². The van der Waals surface area contributed by atoms with Gasteiger partial charge in [-0.1, -0.05) is 73.9 Å². The molecule has 2 nitrogen and oxygen atoms in total. The summed E-state index contributed by atoms with van der Waals surface area (Å²) in [4.78, 5) is 5.12. The van der Waals surface area contributed by atoms with Gasteiger partial charge in [-0.2, -0.15) is 0 Å². The van der Waals surface area contributed by atoms with E-state index in [1.807, 2.05) is 0 Å². The van der Waals surface area contributed by atoms with Crippen molar-refractivity contribution in [2.24, 2.45) is 0 Å². The fourth-order valence-corrected chi connectivity index (χ4v) is 6.40. The van der Waals surface area contributed by atoms with Crippen LogP contribution in [0.1, 0.15) is 11.1 Å². The molecule has 4 rings (SSSR count). The molecule has 0 saturated carbocycles. The molecule has 2 aliphatic rings. The van der Waals surface area contributed by atoms with Gasteiger partial charge in [-0.05, 0) is 23.3 Å². The van der Waals surface area contributed by atoms with Crippen LogP contribution in [0.25, 0.3) is 0 Å². The first kappa shape index (κ1) is 16.9. The van der Waals surface area contributed by atoms with Crippen LogP contribution in [0, 0.1) is 0 Å². The molecule has 0 aliphatic carbocycles. The molecule has 0 spiro atoms. The summed E-state index contributed by atoms with van der Waals surface area (Å²) in [6.45, 7) is 17.7. The predicted molar refractivity (Wildman–Crippen MR) is 116 cm³/mol. The Bertz CT molecular complexity index is 761. The summed E-state index contributed by atoms with van der Waals surface area (Å²) < 4.78 is 0. The zero-order chi connectivity index (χ0) is 18.0. The maximum Gasteiger partial charge on any atom is 0.0910 e. The number of nitrogens with zero attached hydrogens (tertiary/aromatic N) is 2. The van der Waals surface area contributed by atoms with Crippen LogP contribution >= 0.6 is 0 Å². The quantitative estimate of drug-likeness (QED) is 0.739. The molecule has 0 unspecified atom stereocenters. The van der Waals surface area contributed by atoms with Gasteiger partial charge in [-0.25, -0.2) is 0 Å². The molecule has 0 amide bonds. The number of hydrogen-bond donors (Lipinski definition) is 0. The van der Waals surface area contributed by atoms with E-state index in [2.05, 4.69) is 85.5 Å². The van der Waals surface area contributed by atoms with Crippen molar-refractivity contribution in [1.82, 2.24) is 0 Å². The Morgan fingerprint density at radius 3 is 1.40 bits per heavy atom. The van der Waals surface area contributed by atoms with Crippen LogP contribution in [0.15, 0.2) is 36.4 Å². The number of benzene rings is 2. The highest BCUT2D eigenvalue weighted by Crippen LogP contribution is 2.37. The van der Waals surface area contributed by atoms with Crippen molar-refractivity contribution < 1.29 is 0 Å². The molecular formula is C21H30N2Si2. The van der Waals surface area contributed by atoms with Gasteiger partial charge in [-0.15, -0.1) is 0 Å². The molecular weight excluding hydrogens is 336 g/mol. The second-order valence-corrected chi connectivity index (χ2v) is 19.9. The van der Waals surface area contributed by atoms with E-state index in [0.29, 0.717) is 0 Å². The zero-order valence-electron chi connectivity index (χ0n) is 16.5. The first-order valence-corrected chi connectivity index (χ1v) is 16.4. The van der Waals surface area contributed by atoms with Crippen LogP contribution in [0.5, 0.6) is 0 Å². The molecule has 2 bridgehead atoms. The molecule has 0 N–H and O–H groups in total. The third-order valence-electron chi connectivity index (χ3n) is 5.64. The predicted octanol–water partition coefficient (Wildman–Crippen LogP) is 4.07. The Balaban J connectivity index is 1.74. The van der Waals surface area contributed by atoms with Gasteiger partial charge in [0.2, 0.25) is 0 Å². The van der Waals surface area contributed by atoms with Crippen molar-refractivity contribution in [1.29, 1.82) is 0 Å².